The zero-order valence-electron chi connectivity index (χ0n) is 18.4. The van der Waals surface area contributed by atoms with Crippen LogP contribution in [-0.4, -0.2) is 62.2 Å². The molecule has 2 aliphatic rings. The van der Waals surface area contributed by atoms with Crippen LogP contribution in [0.25, 0.3) is 22.2 Å². The van der Waals surface area contributed by atoms with E-state index in [9.17, 15) is 0 Å². The third-order valence-electron chi connectivity index (χ3n) is 5.56. The Balaban J connectivity index is 1.62. The van der Waals surface area contributed by atoms with E-state index in [2.05, 4.69) is 21.0 Å². The van der Waals surface area contributed by atoms with Crippen molar-refractivity contribution in [2.45, 2.75) is 13.0 Å². The van der Waals surface area contributed by atoms with Gasteiger partial charge in [0.25, 0.3) is 0 Å². The van der Waals surface area contributed by atoms with E-state index in [1.807, 2.05) is 44.4 Å². The number of benzene rings is 2. The molecular weight excluding hydrogens is 406 g/mol. The Kier molecular flexibility index (Phi) is 5.16. The number of nitrogens with zero attached hydrogens (tertiary/aromatic N) is 2. The molecular formula is C25H25N3O4. The number of likely N-dealkylation sites (N-methyl/N-ethyl adjacent to an activating group) is 1. The summed E-state index contributed by atoms with van der Waals surface area (Å²) in [6.45, 7) is 4.28. The summed E-state index contributed by atoms with van der Waals surface area (Å²) in [5, 5.41) is 5.48. The highest BCUT2D eigenvalue weighted by Gasteiger charge is 2.33. The zero-order valence-corrected chi connectivity index (χ0v) is 18.4. The molecule has 32 heavy (non-hydrogen) atoms. The van der Waals surface area contributed by atoms with Gasteiger partial charge in [0, 0.05) is 34.1 Å². The fourth-order valence-corrected chi connectivity index (χ4v) is 3.94. The molecule has 1 aliphatic heterocycles. The molecule has 1 aliphatic carbocycles. The molecule has 1 N–H and O–H groups in total. The van der Waals surface area contributed by atoms with Gasteiger partial charge in [-0.2, -0.15) is 0 Å². The molecule has 1 atom stereocenters. The summed E-state index contributed by atoms with van der Waals surface area (Å²) >= 11 is 0. The molecule has 0 saturated carbocycles. The normalized spacial score (nSPS) is 16.0. The smallest absolute Gasteiger partial charge is 0.184 e. The van der Waals surface area contributed by atoms with Crippen molar-refractivity contribution in [1.29, 1.82) is 0 Å². The molecule has 1 aromatic heterocycles. The molecule has 7 nitrogen and oxygen atoms in total. The lowest BCUT2D eigenvalue weighted by Gasteiger charge is -2.19. The van der Waals surface area contributed by atoms with E-state index in [-0.39, 0.29) is 0 Å². The Bertz CT molecular complexity index is 1250. The second-order valence-electron chi connectivity index (χ2n) is 8.13. The fourth-order valence-electron chi connectivity index (χ4n) is 3.94. The monoisotopic (exact) mass is 431 g/mol. The SMILES string of the molecule is C#CC(C)O/N=C1/c2cc3c(cc2-c2[nH]c4ccc(OCCN(C)C)cc4c21)OCCO3. The van der Waals surface area contributed by atoms with Crippen LogP contribution in [-0.2, 0) is 4.84 Å². The summed E-state index contributed by atoms with van der Waals surface area (Å²) in [5.41, 5.74) is 5.54. The predicted octanol–water partition coefficient (Wildman–Crippen LogP) is 3.65. The minimum atomic E-state index is -0.442. The molecule has 2 heterocycles. The van der Waals surface area contributed by atoms with Crippen molar-refractivity contribution < 1.29 is 19.0 Å². The standard InChI is InChI=1S/C25H25N3O4/c1-5-15(2)32-27-25-18-14-22-21(30-10-11-31-22)13-17(18)24-23(25)19-12-16(6-7-20(19)26-24)29-9-8-28(3)4/h1,6-7,12-15,26H,8-11H2,2-4H3/b27-25-. The van der Waals surface area contributed by atoms with Crippen molar-refractivity contribution >= 4 is 16.6 Å². The Morgan fingerprint density at radius 1 is 1.16 bits per heavy atom. The van der Waals surface area contributed by atoms with E-state index in [4.69, 9.17) is 25.5 Å². The fraction of sp³-hybridized carbons (Fsp3) is 0.320. The average Bonchev–Trinajstić information content (AvgIpc) is 3.30. The van der Waals surface area contributed by atoms with Gasteiger partial charge in [0.05, 0.1) is 5.69 Å². The van der Waals surface area contributed by atoms with Gasteiger partial charge in [-0.15, -0.1) is 6.42 Å². The quantitative estimate of drug-likeness (QED) is 0.373. The lowest BCUT2D eigenvalue weighted by atomic mass is 10.1. The minimum absolute atomic E-state index is 0.442. The van der Waals surface area contributed by atoms with Gasteiger partial charge in [-0.05, 0) is 51.4 Å². The molecule has 1 unspecified atom stereocenters. The van der Waals surface area contributed by atoms with Gasteiger partial charge in [-0.3, -0.25) is 0 Å². The van der Waals surface area contributed by atoms with Gasteiger partial charge in [-0.25, -0.2) is 0 Å². The predicted molar refractivity (Wildman–Crippen MR) is 124 cm³/mol. The Morgan fingerprint density at radius 3 is 2.62 bits per heavy atom. The first kappa shape index (κ1) is 20.3. The van der Waals surface area contributed by atoms with Gasteiger partial charge in [-0.1, -0.05) is 11.1 Å². The summed E-state index contributed by atoms with van der Waals surface area (Å²) in [7, 11) is 4.05. The number of fused-ring (bicyclic) bond motifs is 6. The number of nitrogens with one attached hydrogen (secondary N) is 1. The second kappa shape index (κ2) is 8.13. The lowest BCUT2D eigenvalue weighted by molar-refractivity contribution is 0.113. The van der Waals surface area contributed by atoms with E-state index >= 15 is 0 Å². The van der Waals surface area contributed by atoms with Crippen LogP contribution in [0.15, 0.2) is 35.5 Å². The number of ether oxygens (including phenoxy) is 3. The van der Waals surface area contributed by atoms with E-state index in [1.165, 1.54) is 0 Å². The van der Waals surface area contributed by atoms with E-state index in [0.717, 1.165) is 51.3 Å². The number of hydrogen-bond acceptors (Lipinski definition) is 6. The molecule has 3 aromatic rings. The van der Waals surface area contributed by atoms with Crippen LogP contribution in [0.3, 0.4) is 0 Å². The van der Waals surface area contributed by atoms with Crippen molar-refractivity contribution in [2.75, 3.05) is 40.5 Å². The summed E-state index contributed by atoms with van der Waals surface area (Å²) in [4.78, 5) is 11.2. The van der Waals surface area contributed by atoms with Crippen molar-refractivity contribution in [2.24, 2.45) is 5.16 Å². The highest BCUT2D eigenvalue weighted by atomic mass is 16.6. The molecule has 7 heteroatoms. The molecule has 0 saturated heterocycles. The lowest BCUT2D eigenvalue weighted by Crippen LogP contribution is -2.19. The van der Waals surface area contributed by atoms with Crippen molar-refractivity contribution in [3.8, 4) is 40.8 Å². The molecule has 164 valence electrons. The van der Waals surface area contributed by atoms with Crippen molar-refractivity contribution in [3.05, 3.63) is 41.5 Å². The summed E-state index contributed by atoms with van der Waals surface area (Å²) in [6, 6.07) is 10.0. The van der Waals surface area contributed by atoms with E-state index in [1.54, 1.807) is 6.92 Å². The molecule has 2 aromatic carbocycles. The van der Waals surface area contributed by atoms with Crippen LogP contribution in [0, 0.1) is 12.3 Å². The maximum absolute atomic E-state index is 5.97. The summed E-state index contributed by atoms with van der Waals surface area (Å²) < 4.78 is 17.6. The number of aromatic amines is 1. The van der Waals surface area contributed by atoms with Crippen LogP contribution >= 0.6 is 0 Å². The number of aromatic nitrogens is 1. The van der Waals surface area contributed by atoms with Crippen LogP contribution in [0.4, 0.5) is 0 Å². The number of terminal acetylenes is 1. The molecule has 0 spiro atoms. The first-order valence-electron chi connectivity index (χ1n) is 10.6. The molecule has 0 fully saturated rings. The minimum Gasteiger partial charge on any atom is -0.492 e. The number of hydrogen-bond donors (Lipinski definition) is 1. The summed E-state index contributed by atoms with van der Waals surface area (Å²) in [5.74, 6) is 4.79. The molecule has 5 rings (SSSR count). The third kappa shape index (κ3) is 3.53. The maximum Gasteiger partial charge on any atom is 0.184 e. The highest BCUT2D eigenvalue weighted by Crippen LogP contribution is 2.46. The topological polar surface area (TPSA) is 68.3 Å². The van der Waals surface area contributed by atoms with Crippen LogP contribution in [0.2, 0.25) is 0 Å². The van der Waals surface area contributed by atoms with Gasteiger partial charge in [0.2, 0.25) is 0 Å². The van der Waals surface area contributed by atoms with Gasteiger partial charge in [0.15, 0.2) is 17.6 Å². The second-order valence-corrected chi connectivity index (χ2v) is 8.13. The van der Waals surface area contributed by atoms with Gasteiger partial charge in [0.1, 0.15) is 31.3 Å². The first-order valence-corrected chi connectivity index (χ1v) is 10.6. The van der Waals surface area contributed by atoms with Gasteiger partial charge >= 0.3 is 0 Å². The zero-order chi connectivity index (χ0) is 22.2. The van der Waals surface area contributed by atoms with Crippen LogP contribution in [0.5, 0.6) is 17.2 Å². The Morgan fingerprint density at radius 2 is 1.91 bits per heavy atom. The summed E-state index contributed by atoms with van der Waals surface area (Å²) in [6.07, 6.45) is 5.05. The largest absolute Gasteiger partial charge is 0.492 e. The highest BCUT2D eigenvalue weighted by molar-refractivity contribution is 6.30. The van der Waals surface area contributed by atoms with Crippen molar-refractivity contribution in [3.63, 3.8) is 0 Å². The molecule has 0 bridgehead atoms. The van der Waals surface area contributed by atoms with Crippen molar-refractivity contribution in [1.82, 2.24) is 9.88 Å². The first-order chi connectivity index (χ1) is 15.5. The number of rotatable bonds is 6. The molecule has 0 amide bonds. The van der Waals surface area contributed by atoms with Gasteiger partial charge < -0.3 is 28.9 Å². The average molecular weight is 431 g/mol. The van der Waals surface area contributed by atoms with E-state index < -0.39 is 6.10 Å². The van der Waals surface area contributed by atoms with Crippen LogP contribution < -0.4 is 14.2 Å². The third-order valence-corrected chi connectivity index (χ3v) is 5.56. The Labute approximate surface area is 186 Å². The molecule has 0 radical (unpaired) electrons. The maximum atomic E-state index is 5.97. The number of oxime groups is 1. The van der Waals surface area contributed by atoms with Crippen LogP contribution in [0.1, 0.15) is 18.1 Å². The Hall–Kier alpha value is -3.63. The van der Waals surface area contributed by atoms with E-state index in [0.29, 0.717) is 31.3 Å². The number of H-pyrrole nitrogens is 1.